The molecule has 0 saturated carbocycles. The molecule has 0 aromatic heterocycles. The minimum absolute atomic E-state index is 0.0192. The highest BCUT2D eigenvalue weighted by molar-refractivity contribution is 6.01. The first kappa shape index (κ1) is 13.7. The summed E-state index contributed by atoms with van der Waals surface area (Å²) < 4.78 is 0. The van der Waals surface area contributed by atoms with Gasteiger partial charge in [0.15, 0.2) is 0 Å². The number of carbonyl (C=O) groups excluding carboxylic acids is 1. The molecule has 0 spiro atoms. The van der Waals surface area contributed by atoms with Crippen LogP contribution in [-0.4, -0.2) is 49.2 Å². The van der Waals surface area contributed by atoms with Gasteiger partial charge in [0.1, 0.15) is 0 Å². The van der Waals surface area contributed by atoms with Crippen LogP contribution in [0.3, 0.4) is 0 Å². The first-order valence-electron chi connectivity index (χ1n) is 6.53. The van der Waals surface area contributed by atoms with Gasteiger partial charge in [-0.3, -0.25) is 4.79 Å². The summed E-state index contributed by atoms with van der Waals surface area (Å²) in [7, 11) is 3.80. The Morgan fingerprint density at radius 1 is 1.53 bits per heavy atom. The number of benzene rings is 1. The van der Waals surface area contributed by atoms with E-state index in [1.165, 1.54) is 0 Å². The molecule has 1 atom stereocenters. The van der Waals surface area contributed by atoms with Gasteiger partial charge in [0, 0.05) is 32.0 Å². The minimum atomic E-state index is -0.0658. The molecule has 5 heteroatoms. The van der Waals surface area contributed by atoms with Crippen LogP contribution in [0.2, 0.25) is 0 Å². The standard InChI is InChI=1S/C14H21N3O2/c1-16(2)13-6-5-10(15)8-12(13)14(19)17-7-3-4-11(17)9-18/h5-6,8,11,18H,3-4,7,9,15H2,1-2H3. The Labute approximate surface area is 113 Å². The van der Waals surface area contributed by atoms with Crippen molar-refractivity contribution in [2.24, 2.45) is 0 Å². The summed E-state index contributed by atoms with van der Waals surface area (Å²) in [6, 6.07) is 5.29. The summed E-state index contributed by atoms with van der Waals surface area (Å²) in [5, 5.41) is 9.34. The second-order valence-corrected chi connectivity index (χ2v) is 5.15. The van der Waals surface area contributed by atoms with E-state index in [0.29, 0.717) is 17.8 Å². The van der Waals surface area contributed by atoms with E-state index in [1.54, 1.807) is 17.0 Å². The Kier molecular flexibility index (Phi) is 3.95. The van der Waals surface area contributed by atoms with E-state index in [2.05, 4.69) is 0 Å². The molecule has 2 rings (SSSR count). The summed E-state index contributed by atoms with van der Waals surface area (Å²) in [4.78, 5) is 16.3. The number of anilines is 2. The molecule has 1 aliphatic heterocycles. The molecule has 5 nitrogen and oxygen atoms in total. The molecule has 104 valence electrons. The van der Waals surface area contributed by atoms with Gasteiger partial charge in [-0.15, -0.1) is 0 Å². The summed E-state index contributed by atoms with van der Waals surface area (Å²) in [5.74, 6) is -0.0486. The molecular formula is C14H21N3O2. The first-order chi connectivity index (χ1) is 9.04. The third-order valence-electron chi connectivity index (χ3n) is 3.58. The van der Waals surface area contributed by atoms with Crippen LogP contribution >= 0.6 is 0 Å². The topological polar surface area (TPSA) is 69.8 Å². The highest BCUT2D eigenvalue weighted by atomic mass is 16.3. The lowest BCUT2D eigenvalue weighted by molar-refractivity contribution is 0.0678. The molecule has 1 aromatic rings. The number of carbonyl (C=O) groups is 1. The largest absolute Gasteiger partial charge is 0.399 e. The van der Waals surface area contributed by atoms with Crippen LogP contribution in [-0.2, 0) is 0 Å². The molecule has 1 saturated heterocycles. The minimum Gasteiger partial charge on any atom is -0.399 e. The van der Waals surface area contributed by atoms with Crippen LogP contribution in [0.4, 0.5) is 11.4 Å². The van der Waals surface area contributed by atoms with Crippen LogP contribution in [0.1, 0.15) is 23.2 Å². The van der Waals surface area contributed by atoms with E-state index in [9.17, 15) is 9.90 Å². The maximum atomic E-state index is 12.6. The van der Waals surface area contributed by atoms with Gasteiger partial charge >= 0.3 is 0 Å². The lowest BCUT2D eigenvalue weighted by Gasteiger charge is -2.26. The van der Waals surface area contributed by atoms with Gasteiger partial charge in [-0.1, -0.05) is 0 Å². The van der Waals surface area contributed by atoms with Crippen molar-refractivity contribution in [3.05, 3.63) is 23.8 Å². The lowest BCUT2D eigenvalue weighted by Crippen LogP contribution is -2.38. The molecular weight excluding hydrogens is 242 g/mol. The lowest BCUT2D eigenvalue weighted by atomic mass is 10.1. The molecule has 0 bridgehead atoms. The van der Waals surface area contributed by atoms with Gasteiger partial charge in [-0.25, -0.2) is 0 Å². The summed E-state index contributed by atoms with van der Waals surface area (Å²) in [6.07, 6.45) is 1.80. The van der Waals surface area contributed by atoms with Crippen molar-refractivity contribution >= 4 is 17.3 Å². The Morgan fingerprint density at radius 2 is 2.26 bits per heavy atom. The van der Waals surface area contributed by atoms with E-state index >= 15 is 0 Å². The van der Waals surface area contributed by atoms with E-state index in [4.69, 9.17) is 5.73 Å². The predicted octanol–water partition coefficient (Wildman–Crippen LogP) is 0.932. The summed E-state index contributed by atoms with van der Waals surface area (Å²) in [5.41, 5.74) is 7.82. The Hall–Kier alpha value is -1.75. The van der Waals surface area contributed by atoms with E-state index in [1.807, 2.05) is 25.1 Å². The van der Waals surface area contributed by atoms with Crippen molar-refractivity contribution < 1.29 is 9.90 Å². The molecule has 0 aliphatic carbocycles. The van der Waals surface area contributed by atoms with Crippen LogP contribution < -0.4 is 10.6 Å². The number of aliphatic hydroxyl groups excluding tert-OH is 1. The number of nitrogens with two attached hydrogens (primary N) is 1. The fourth-order valence-electron chi connectivity index (χ4n) is 2.56. The molecule has 19 heavy (non-hydrogen) atoms. The van der Waals surface area contributed by atoms with Crippen LogP contribution in [0.5, 0.6) is 0 Å². The fraction of sp³-hybridized carbons (Fsp3) is 0.500. The summed E-state index contributed by atoms with van der Waals surface area (Å²) in [6.45, 7) is 0.719. The number of hydrogen-bond acceptors (Lipinski definition) is 4. The average molecular weight is 263 g/mol. The predicted molar refractivity (Wildman–Crippen MR) is 76.3 cm³/mol. The van der Waals surface area contributed by atoms with Crippen molar-refractivity contribution in [1.29, 1.82) is 0 Å². The number of rotatable bonds is 3. The van der Waals surface area contributed by atoms with Crippen molar-refractivity contribution in [2.45, 2.75) is 18.9 Å². The van der Waals surface area contributed by atoms with E-state index in [-0.39, 0.29) is 18.6 Å². The highest BCUT2D eigenvalue weighted by Crippen LogP contribution is 2.26. The third kappa shape index (κ3) is 2.66. The molecule has 1 aromatic carbocycles. The van der Waals surface area contributed by atoms with E-state index in [0.717, 1.165) is 18.5 Å². The number of nitrogens with zero attached hydrogens (tertiary/aromatic N) is 2. The van der Waals surface area contributed by atoms with Gasteiger partial charge in [0.05, 0.1) is 18.2 Å². The molecule has 0 radical (unpaired) electrons. The van der Waals surface area contributed by atoms with Crippen LogP contribution in [0.25, 0.3) is 0 Å². The van der Waals surface area contributed by atoms with Crippen molar-refractivity contribution in [1.82, 2.24) is 4.90 Å². The smallest absolute Gasteiger partial charge is 0.256 e. The molecule has 3 N–H and O–H groups in total. The maximum absolute atomic E-state index is 12.6. The molecule has 1 unspecified atom stereocenters. The zero-order valence-electron chi connectivity index (χ0n) is 11.5. The SMILES string of the molecule is CN(C)c1ccc(N)cc1C(=O)N1CCCC1CO. The Morgan fingerprint density at radius 3 is 2.89 bits per heavy atom. The molecule has 1 aliphatic rings. The Balaban J connectivity index is 2.35. The van der Waals surface area contributed by atoms with Crippen LogP contribution in [0.15, 0.2) is 18.2 Å². The van der Waals surface area contributed by atoms with Crippen molar-refractivity contribution in [3.63, 3.8) is 0 Å². The number of nitrogen functional groups attached to an aromatic ring is 1. The Bertz CT molecular complexity index is 474. The quantitative estimate of drug-likeness (QED) is 0.796. The second-order valence-electron chi connectivity index (χ2n) is 5.15. The van der Waals surface area contributed by atoms with Crippen molar-refractivity contribution in [3.8, 4) is 0 Å². The van der Waals surface area contributed by atoms with Crippen LogP contribution in [0, 0.1) is 0 Å². The first-order valence-corrected chi connectivity index (χ1v) is 6.53. The van der Waals surface area contributed by atoms with E-state index < -0.39 is 0 Å². The van der Waals surface area contributed by atoms with Crippen molar-refractivity contribution in [2.75, 3.05) is 37.9 Å². The molecule has 1 fully saturated rings. The molecule has 1 amide bonds. The zero-order valence-corrected chi connectivity index (χ0v) is 11.5. The maximum Gasteiger partial charge on any atom is 0.256 e. The highest BCUT2D eigenvalue weighted by Gasteiger charge is 2.30. The fourth-order valence-corrected chi connectivity index (χ4v) is 2.56. The number of amides is 1. The summed E-state index contributed by atoms with van der Waals surface area (Å²) >= 11 is 0. The third-order valence-corrected chi connectivity index (χ3v) is 3.58. The normalized spacial score (nSPS) is 18.7. The molecule has 1 heterocycles. The van der Waals surface area contributed by atoms with Gasteiger partial charge in [-0.05, 0) is 31.0 Å². The monoisotopic (exact) mass is 263 g/mol. The van der Waals surface area contributed by atoms with Gasteiger partial charge < -0.3 is 20.6 Å². The average Bonchev–Trinajstić information content (AvgIpc) is 2.85. The second kappa shape index (κ2) is 5.48. The zero-order chi connectivity index (χ0) is 14.0. The van der Waals surface area contributed by atoms with Gasteiger partial charge in [0.2, 0.25) is 0 Å². The number of hydrogen-bond donors (Lipinski definition) is 2. The number of likely N-dealkylation sites (tertiary alicyclic amines) is 1. The van der Waals surface area contributed by atoms with Gasteiger partial charge in [-0.2, -0.15) is 0 Å². The number of aliphatic hydroxyl groups is 1. The van der Waals surface area contributed by atoms with Gasteiger partial charge in [0.25, 0.3) is 5.91 Å².